The van der Waals surface area contributed by atoms with E-state index in [1.807, 2.05) is 13.8 Å². The molecule has 0 rings (SSSR count). The van der Waals surface area contributed by atoms with Crippen LogP contribution >= 0.6 is 0 Å². The topological polar surface area (TPSA) is 35.5 Å². The number of carbonyl (C=O) groups excluding carboxylic acids is 1. The van der Waals surface area contributed by atoms with Crippen molar-refractivity contribution in [1.82, 2.24) is 0 Å². The first-order valence-electron chi connectivity index (χ1n) is 6.13. The van der Waals surface area contributed by atoms with E-state index in [1.54, 1.807) is 6.08 Å². The summed E-state index contributed by atoms with van der Waals surface area (Å²) >= 11 is 0. The molecular weight excluding hydrogens is 204 g/mol. The van der Waals surface area contributed by atoms with Gasteiger partial charge in [0, 0.05) is 0 Å². The summed E-state index contributed by atoms with van der Waals surface area (Å²) in [4.78, 5) is 11.4. The minimum Gasteiger partial charge on any atom is -0.434 e. The van der Waals surface area contributed by atoms with E-state index >= 15 is 0 Å². The summed E-state index contributed by atoms with van der Waals surface area (Å²) in [5, 5.41) is 0. The van der Waals surface area contributed by atoms with Crippen molar-refractivity contribution in [1.29, 1.82) is 0 Å². The van der Waals surface area contributed by atoms with Crippen LogP contribution in [-0.4, -0.2) is 18.4 Å². The Morgan fingerprint density at radius 1 is 1.25 bits per heavy atom. The predicted octanol–water partition coefficient (Wildman–Crippen LogP) is 4.07. The Morgan fingerprint density at radius 2 is 1.88 bits per heavy atom. The molecular formula is C13H24O3. The Labute approximate surface area is 98.8 Å². The average Bonchev–Trinajstić information content (AvgIpc) is 2.32. The number of carbonyl (C=O) groups is 1. The highest BCUT2D eigenvalue weighted by atomic mass is 16.7. The standard InChI is InChI=1S/C13H24O3/c1-5-9-10-11-15-12(14)16-13(6-2,7-3)8-4/h6H,2,5,7-11H2,1,3-4H3. The maximum atomic E-state index is 11.4. The molecule has 0 saturated carbocycles. The Bertz CT molecular complexity index is 207. The van der Waals surface area contributed by atoms with Crippen LogP contribution in [0.15, 0.2) is 12.7 Å². The van der Waals surface area contributed by atoms with Crippen molar-refractivity contribution in [2.75, 3.05) is 6.61 Å². The quantitative estimate of drug-likeness (QED) is 0.357. The molecule has 94 valence electrons. The second-order valence-electron chi connectivity index (χ2n) is 3.88. The first-order valence-corrected chi connectivity index (χ1v) is 6.13. The highest BCUT2D eigenvalue weighted by molar-refractivity contribution is 5.60. The van der Waals surface area contributed by atoms with Gasteiger partial charge in [-0.15, -0.1) is 0 Å². The summed E-state index contributed by atoms with van der Waals surface area (Å²) in [6, 6.07) is 0. The van der Waals surface area contributed by atoms with Gasteiger partial charge in [-0.1, -0.05) is 40.2 Å². The van der Waals surface area contributed by atoms with Crippen molar-refractivity contribution < 1.29 is 14.3 Å². The van der Waals surface area contributed by atoms with Crippen LogP contribution in [0, 0.1) is 0 Å². The van der Waals surface area contributed by atoms with Crippen LogP contribution in [0.25, 0.3) is 0 Å². The summed E-state index contributed by atoms with van der Waals surface area (Å²) < 4.78 is 10.3. The number of ether oxygens (including phenoxy) is 2. The van der Waals surface area contributed by atoms with Crippen LogP contribution in [0.4, 0.5) is 4.79 Å². The molecule has 0 unspecified atom stereocenters. The highest BCUT2D eigenvalue weighted by Gasteiger charge is 2.27. The van der Waals surface area contributed by atoms with E-state index in [9.17, 15) is 4.79 Å². The van der Waals surface area contributed by atoms with E-state index in [2.05, 4.69) is 13.5 Å². The average molecular weight is 228 g/mol. The largest absolute Gasteiger partial charge is 0.509 e. The Hall–Kier alpha value is -0.990. The number of hydrogen-bond acceptors (Lipinski definition) is 3. The van der Waals surface area contributed by atoms with Gasteiger partial charge in [0.25, 0.3) is 0 Å². The van der Waals surface area contributed by atoms with Crippen LogP contribution in [-0.2, 0) is 9.47 Å². The summed E-state index contributed by atoms with van der Waals surface area (Å²) in [6.45, 7) is 10.2. The Morgan fingerprint density at radius 3 is 2.31 bits per heavy atom. The molecule has 16 heavy (non-hydrogen) atoms. The third-order valence-corrected chi connectivity index (χ3v) is 2.82. The zero-order valence-electron chi connectivity index (χ0n) is 10.8. The van der Waals surface area contributed by atoms with Crippen molar-refractivity contribution in [3.05, 3.63) is 12.7 Å². The SMILES string of the molecule is C=CC(CC)(CC)OC(=O)OCCCCC. The van der Waals surface area contributed by atoms with Crippen molar-refractivity contribution in [3.8, 4) is 0 Å². The maximum Gasteiger partial charge on any atom is 0.509 e. The van der Waals surface area contributed by atoms with Crippen LogP contribution in [0.1, 0.15) is 52.9 Å². The maximum absolute atomic E-state index is 11.4. The van der Waals surface area contributed by atoms with Crippen molar-refractivity contribution >= 4 is 6.16 Å². The molecule has 0 saturated heterocycles. The minimum absolute atomic E-state index is 0.438. The van der Waals surface area contributed by atoms with E-state index in [0.29, 0.717) is 6.61 Å². The lowest BCUT2D eigenvalue weighted by atomic mass is 9.98. The lowest BCUT2D eigenvalue weighted by Crippen LogP contribution is -2.31. The molecule has 0 bridgehead atoms. The van der Waals surface area contributed by atoms with Crippen LogP contribution in [0.5, 0.6) is 0 Å². The fourth-order valence-electron chi connectivity index (χ4n) is 1.43. The zero-order chi connectivity index (χ0) is 12.4. The van der Waals surface area contributed by atoms with Gasteiger partial charge in [0.15, 0.2) is 0 Å². The second kappa shape index (κ2) is 8.20. The Kier molecular flexibility index (Phi) is 7.69. The van der Waals surface area contributed by atoms with E-state index < -0.39 is 11.8 Å². The van der Waals surface area contributed by atoms with Gasteiger partial charge in [-0.2, -0.15) is 0 Å². The number of hydrogen-bond donors (Lipinski definition) is 0. The molecule has 0 aliphatic rings. The monoisotopic (exact) mass is 228 g/mol. The molecule has 0 aromatic rings. The smallest absolute Gasteiger partial charge is 0.434 e. The van der Waals surface area contributed by atoms with Crippen LogP contribution < -0.4 is 0 Å². The summed E-state index contributed by atoms with van der Waals surface area (Å²) in [5.74, 6) is 0. The third kappa shape index (κ3) is 5.19. The fourth-order valence-corrected chi connectivity index (χ4v) is 1.43. The second-order valence-corrected chi connectivity index (χ2v) is 3.88. The van der Waals surface area contributed by atoms with Gasteiger partial charge in [-0.3, -0.25) is 0 Å². The van der Waals surface area contributed by atoms with Crippen molar-refractivity contribution in [3.63, 3.8) is 0 Å². The Balaban J connectivity index is 3.96. The molecule has 0 amide bonds. The molecule has 0 aliphatic carbocycles. The normalized spacial score (nSPS) is 10.9. The van der Waals surface area contributed by atoms with Gasteiger partial charge in [0.05, 0.1) is 6.61 Å². The molecule has 0 N–H and O–H groups in total. The third-order valence-electron chi connectivity index (χ3n) is 2.82. The molecule has 0 heterocycles. The van der Waals surface area contributed by atoms with E-state index in [0.717, 1.165) is 32.1 Å². The van der Waals surface area contributed by atoms with E-state index in [-0.39, 0.29) is 0 Å². The molecule has 0 fully saturated rings. The molecule has 0 radical (unpaired) electrons. The van der Waals surface area contributed by atoms with Crippen molar-refractivity contribution in [2.24, 2.45) is 0 Å². The molecule has 0 aromatic heterocycles. The van der Waals surface area contributed by atoms with Crippen molar-refractivity contribution in [2.45, 2.75) is 58.5 Å². The van der Waals surface area contributed by atoms with Gasteiger partial charge >= 0.3 is 6.16 Å². The first kappa shape index (κ1) is 15.0. The van der Waals surface area contributed by atoms with Gasteiger partial charge < -0.3 is 9.47 Å². The summed E-state index contributed by atoms with van der Waals surface area (Å²) in [6.07, 6.45) is 5.61. The lowest BCUT2D eigenvalue weighted by Gasteiger charge is -2.27. The van der Waals surface area contributed by atoms with Gasteiger partial charge in [-0.05, 0) is 25.3 Å². The van der Waals surface area contributed by atoms with Gasteiger partial charge in [-0.25, -0.2) is 4.79 Å². The summed E-state index contributed by atoms with van der Waals surface area (Å²) in [5.41, 5.74) is -0.568. The highest BCUT2D eigenvalue weighted by Crippen LogP contribution is 2.22. The minimum atomic E-state index is -0.584. The lowest BCUT2D eigenvalue weighted by molar-refractivity contribution is -0.0146. The first-order chi connectivity index (χ1) is 7.64. The summed E-state index contributed by atoms with van der Waals surface area (Å²) in [7, 11) is 0. The number of rotatable bonds is 8. The van der Waals surface area contributed by atoms with E-state index in [1.165, 1.54) is 0 Å². The molecule has 0 aromatic carbocycles. The zero-order valence-corrected chi connectivity index (χ0v) is 10.8. The van der Waals surface area contributed by atoms with Crippen LogP contribution in [0.3, 0.4) is 0 Å². The fraction of sp³-hybridized carbons (Fsp3) is 0.769. The number of unbranched alkanes of at least 4 members (excludes halogenated alkanes) is 2. The molecule has 0 aliphatic heterocycles. The molecule has 3 nitrogen and oxygen atoms in total. The molecule has 0 spiro atoms. The van der Waals surface area contributed by atoms with Crippen LogP contribution in [0.2, 0.25) is 0 Å². The van der Waals surface area contributed by atoms with E-state index in [4.69, 9.17) is 9.47 Å². The predicted molar refractivity (Wildman–Crippen MR) is 65.5 cm³/mol. The molecule has 3 heteroatoms. The van der Waals surface area contributed by atoms with Gasteiger partial charge in [0.2, 0.25) is 0 Å². The van der Waals surface area contributed by atoms with Gasteiger partial charge in [0.1, 0.15) is 5.60 Å². The molecule has 0 atom stereocenters.